The standard InChI is InChI=1S/C27H27ClN2O2/c1-18(21-11-8-12-22(15-21)29-19(2)31)30(17-20-9-4-3-5-10-20)27(32)25-16-24(25)23-13-6-7-14-26(23)28/h3-15,18,24-25H,16-17H2,1-2H3,(H,29,31). The molecule has 1 aliphatic rings. The molecule has 0 bridgehead atoms. The van der Waals surface area contributed by atoms with Gasteiger partial charge in [0.05, 0.1) is 6.04 Å². The maximum atomic E-state index is 13.7. The monoisotopic (exact) mass is 446 g/mol. The third-order valence-electron chi connectivity index (χ3n) is 6.05. The molecule has 1 fully saturated rings. The van der Waals surface area contributed by atoms with Gasteiger partial charge in [-0.1, -0.05) is 72.3 Å². The van der Waals surface area contributed by atoms with E-state index in [1.807, 2.05) is 90.7 Å². The van der Waals surface area contributed by atoms with Crippen molar-refractivity contribution in [3.63, 3.8) is 0 Å². The van der Waals surface area contributed by atoms with Crippen LogP contribution in [0.15, 0.2) is 78.9 Å². The van der Waals surface area contributed by atoms with Gasteiger partial charge in [-0.2, -0.15) is 0 Å². The van der Waals surface area contributed by atoms with E-state index in [0.29, 0.717) is 6.54 Å². The normalized spacial score (nSPS) is 18.0. The molecule has 1 N–H and O–H groups in total. The summed E-state index contributed by atoms with van der Waals surface area (Å²) < 4.78 is 0. The van der Waals surface area contributed by atoms with E-state index in [1.165, 1.54) is 6.92 Å². The number of hydrogen-bond acceptors (Lipinski definition) is 2. The lowest BCUT2D eigenvalue weighted by atomic mass is 10.0. The molecule has 0 aromatic heterocycles. The predicted octanol–water partition coefficient (Wildman–Crippen LogP) is 6.19. The second kappa shape index (κ2) is 9.58. The molecule has 32 heavy (non-hydrogen) atoms. The highest BCUT2D eigenvalue weighted by Gasteiger charge is 2.47. The van der Waals surface area contributed by atoms with Gasteiger partial charge in [0.25, 0.3) is 0 Å². The molecule has 4 rings (SSSR count). The minimum absolute atomic E-state index is 0.0698. The van der Waals surface area contributed by atoms with E-state index >= 15 is 0 Å². The smallest absolute Gasteiger partial charge is 0.227 e. The number of amides is 2. The van der Waals surface area contributed by atoms with E-state index in [0.717, 1.165) is 33.8 Å². The zero-order valence-electron chi connectivity index (χ0n) is 18.3. The molecule has 0 spiro atoms. The van der Waals surface area contributed by atoms with E-state index < -0.39 is 0 Å². The second-order valence-electron chi connectivity index (χ2n) is 8.40. The molecule has 1 aliphatic carbocycles. The van der Waals surface area contributed by atoms with Gasteiger partial charge >= 0.3 is 0 Å². The number of carbonyl (C=O) groups is 2. The lowest BCUT2D eigenvalue weighted by Crippen LogP contribution is -2.34. The van der Waals surface area contributed by atoms with Crippen LogP contribution in [0.2, 0.25) is 5.02 Å². The Morgan fingerprint density at radius 3 is 2.47 bits per heavy atom. The summed E-state index contributed by atoms with van der Waals surface area (Å²) in [6.45, 7) is 4.06. The van der Waals surface area contributed by atoms with Gasteiger partial charge in [-0.05, 0) is 54.2 Å². The molecule has 1 saturated carbocycles. The van der Waals surface area contributed by atoms with Crippen molar-refractivity contribution >= 4 is 29.1 Å². The molecule has 4 nitrogen and oxygen atoms in total. The highest BCUT2D eigenvalue weighted by molar-refractivity contribution is 6.31. The summed E-state index contributed by atoms with van der Waals surface area (Å²) in [6.07, 6.45) is 0.812. The van der Waals surface area contributed by atoms with E-state index in [1.54, 1.807) is 0 Å². The number of nitrogens with zero attached hydrogens (tertiary/aromatic N) is 1. The van der Waals surface area contributed by atoms with Gasteiger partial charge in [-0.25, -0.2) is 0 Å². The van der Waals surface area contributed by atoms with Crippen molar-refractivity contribution in [2.75, 3.05) is 5.32 Å². The first kappa shape index (κ1) is 22.1. The maximum absolute atomic E-state index is 13.7. The molecule has 5 heteroatoms. The van der Waals surface area contributed by atoms with Crippen LogP contribution in [-0.2, 0) is 16.1 Å². The zero-order chi connectivity index (χ0) is 22.7. The number of nitrogens with one attached hydrogen (secondary N) is 1. The molecule has 164 valence electrons. The topological polar surface area (TPSA) is 49.4 Å². The Balaban J connectivity index is 1.60. The van der Waals surface area contributed by atoms with Crippen LogP contribution in [0.5, 0.6) is 0 Å². The van der Waals surface area contributed by atoms with Gasteiger partial charge in [0.15, 0.2) is 0 Å². The van der Waals surface area contributed by atoms with Crippen molar-refractivity contribution in [3.05, 3.63) is 101 Å². The van der Waals surface area contributed by atoms with Crippen molar-refractivity contribution in [3.8, 4) is 0 Å². The number of rotatable bonds is 7. The van der Waals surface area contributed by atoms with Crippen LogP contribution in [0.25, 0.3) is 0 Å². The van der Waals surface area contributed by atoms with Crippen LogP contribution in [0.4, 0.5) is 5.69 Å². The van der Waals surface area contributed by atoms with E-state index in [9.17, 15) is 9.59 Å². The van der Waals surface area contributed by atoms with Gasteiger partial charge in [-0.3, -0.25) is 9.59 Å². The number of hydrogen-bond donors (Lipinski definition) is 1. The third-order valence-corrected chi connectivity index (χ3v) is 6.39. The van der Waals surface area contributed by atoms with Gasteiger partial charge in [0.2, 0.25) is 11.8 Å². The molecule has 0 saturated heterocycles. The minimum Gasteiger partial charge on any atom is -0.331 e. The lowest BCUT2D eigenvalue weighted by Gasteiger charge is -2.30. The van der Waals surface area contributed by atoms with Crippen molar-refractivity contribution in [1.82, 2.24) is 4.90 Å². The first-order chi connectivity index (χ1) is 15.4. The van der Waals surface area contributed by atoms with Crippen molar-refractivity contribution in [2.24, 2.45) is 5.92 Å². The van der Waals surface area contributed by atoms with Crippen molar-refractivity contribution in [2.45, 2.75) is 38.8 Å². The number of anilines is 1. The van der Waals surface area contributed by atoms with Crippen LogP contribution < -0.4 is 5.32 Å². The first-order valence-corrected chi connectivity index (χ1v) is 11.3. The lowest BCUT2D eigenvalue weighted by molar-refractivity contribution is -0.135. The Hall–Kier alpha value is -3.11. The molecule has 0 heterocycles. The number of benzene rings is 3. The Morgan fingerprint density at radius 1 is 1.03 bits per heavy atom. The highest BCUT2D eigenvalue weighted by atomic mass is 35.5. The molecular weight excluding hydrogens is 420 g/mol. The van der Waals surface area contributed by atoms with Crippen LogP contribution in [0.3, 0.4) is 0 Å². The van der Waals surface area contributed by atoms with Crippen LogP contribution >= 0.6 is 11.6 Å². The maximum Gasteiger partial charge on any atom is 0.227 e. The summed E-state index contributed by atoms with van der Waals surface area (Å²) >= 11 is 6.40. The largest absolute Gasteiger partial charge is 0.331 e. The predicted molar refractivity (Wildman–Crippen MR) is 128 cm³/mol. The Bertz CT molecular complexity index is 1120. The molecule has 3 atom stereocenters. The molecule has 2 amide bonds. The van der Waals surface area contributed by atoms with Gasteiger partial charge in [0.1, 0.15) is 0 Å². The molecule has 3 unspecified atom stereocenters. The van der Waals surface area contributed by atoms with Crippen molar-refractivity contribution < 1.29 is 9.59 Å². The van der Waals surface area contributed by atoms with Crippen LogP contribution in [-0.4, -0.2) is 16.7 Å². The van der Waals surface area contributed by atoms with E-state index in [4.69, 9.17) is 11.6 Å². The second-order valence-corrected chi connectivity index (χ2v) is 8.81. The van der Waals surface area contributed by atoms with Gasteiger partial charge in [-0.15, -0.1) is 0 Å². The van der Waals surface area contributed by atoms with E-state index in [-0.39, 0.29) is 29.7 Å². The van der Waals surface area contributed by atoms with Crippen LogP contribution in [0, 0.1) is 5.92 Å². The quantitative estimate of drug-likeness (QED) is 0.470. The summed E-state index contributed by atoms with van der Waals surface area (Å²) in [6, 6.07) is 25.4. The van der Waals surface area contributed by atoms with Crippen LogP contribution in [0.1, 0.15) is 48.9 Å². The molecule has 0 radical (unpaired) electrons. The summed E-state index contributed by atoms with van der Waals surface area (Å²) in [5.41, 5.74) is 3.85. The SMILES string of the molecule is CC(=O)Nc1cccc(C(C)N(Cc2ccccc2)C(=O)C2CC2c2ccccc2Cl)c1. The fraction of sp³-hybridized carbons (Fsp3) is 0.259. The molecule has 0 aliphatic heterocycles. The fourth-order valence-electron chi connectivity index (χ4n) is 4.25. The van der Waals surface area contributed by atoms with Crippen molar-refractivity contribution in [1.29, 1.82) is 0 Å². The zero-order valence-corrected chi connectivity index (χ0v) is 19.0. The Kier molecular flexibility index (Phi) is 6.61. The summed E-state index contributed by atoms with van der Waals surface area (Å²) in [4.78, 5) is 27.1. The average molecular weight is 447 g/mol. The fourth-order valence-corrected chi connectivity index (χ4v) is 4.52. The molecule has 3 aromatic carbocycles. The number of halogens is 1. The summed E-state index contributed by atoms with van der Waals surface area (Å²) in [5, 5.41) is 3.55. The third kappa shape index (κ3) is 5.03. The molecule has 3 aromatic rings. The summed E-state index contributed by atoms with van der Waals surface area (Å²) in [7, 11) is 0. The first-order valence-electron chi connectivity index (χ1n) is 10.9. The Morgan fingerprint density at radius 2 is 1.75 bits per heavy atom. The minimum atomic E-state index is -0.149. The number of carbonyl (C=O) groups excluding carboxylic acids is 2. The van der Waals surface area contributed by atoms with Gasteiger partial charge < -0.3 is 10.2 Å². The highest BCUT2D eigenvalue weighted by Crippen LogP contribution is 2.51. The van der Waals surface area contributed by atoms with Gasteiger partial charge in [0, 0.05) is 30.1 Å². The molecular formula is C27H27ClN2O2. The average Bonchev–Trinajstić information content (AvgIpc) is 3.58. The summed E-state index contributed by atoms with van der Waals surface area (Å²) in [5.74, 6) is 0.107. The van der Waals surface area contributed by atoms with E-state index in [2.05, 4.69) is 5.32 Å². The Labute approximate surface area is 194 Å².